The Labute approximate surface area is 196 Å². The quantitative estimate of drug-likeness (QED) is 0.454. The second kappa shape index (κ2) is 10.9. The molecular formula is C26H34N4O3. The number of aromatic nitrogens is 2. The molecule has 3 aromatic rings. The van der Waals surface area contributed by atoms with Crippen LogP contribution in [-0.2, 0) is 6.54 Å². The minimum Gasteiger partial charge on any atom is -0.493 e. The van der Waals surface area contributed by atoms with Gasteiger partial charge in [-0.3, -0.25) is 0 Å². The Bertz CT molecular complexity index is 1060. The fourth-order valence-corrected chi connectivity index (χ4v) is 3.53. The summed E-state index contributed by atoms with van der Waals surface area (Å²) in [5, 5.41) is 7.81. The number of carbonyl (C=O) groups is 1. The largest absolute Gasteiger partial charge is 0.493 e. The van der Waals surface area contributed by atoms with Crippen molar-refractivity contribution in [3.05, 3.63) is 65.9 Å². The van der Waals surface area contributed by atoms with E-state index in [0.29, 0.717) is 23.9 Å². The van der Waals surface area contributed by atoms with Crippen LogP contribution in [0.25, 0.3) is 5.69 Å². The lowest BCUT2D eigenvalue weighted by atomic mass is 10.1. The Hall–Kier alpha value is -3.48. The first-order valence-corrected chi connectivity index (χ1v) is 11.4. The summed E-state index contributed by atoms with van der Waals surface area (Å²) in [4.78, 5) is 14.9. The van der Waals surface area contributed by atoms with Crippen molar-refractivity contribution < 1.29 is 14.3 Å². The van der Waals surface area contributed by atoms with Gasteiger partial charge in [0.15, 0.2) is 11.5 Å². The molecule has 0 saturated heterocycles. The Balaban J connectivity index is 2.10. The van der Waals surface area contributed by atoms with Crippen molar-refractivity contribution in [3.8, 4) is 23.1 Å². The number of nitrogens with zero attached hydrogens (tertiary/aromatic N) is 3. The Morgan fingerprint density at radius 1 is 1.06 bits per heavy atom. The number of benzene rings is 2. The number of urea groups is 1. The van der Waals surface area contributed by atoms with Crippen molar-refractivity contribution in [2.24, 2.45) is 0 Å². The summed E-state index contributed by atoms with van der Waals surface area (Å²) in [6, 6.07) is 17.3. The molecule has 2 aromatic carbocycles. The molecule has 33 heavy (non-hydrogen) atoms. The van der Waals surface area contributed by atoms with Gasteiger partial charge in [-0.2, -0.15) is 5.10 Å². The Morgan fingerprint density at radius 3 is 2.30 bits per heavy atom. The van der Waals surface area contributed by atoms with Gasteiger partial charge in [-0.1, -0.05) is 37.3 Å². The van der Waals surface area contributed by atoms with Gasteiger partial charge in [0, 0.05) is 12.1 Å². The topological polar surface area (TPSA) is 68.6 Å². The average Bonchev–Trinajstić information content (AvgIpc) is 3.12. The van der Waals surface area contributed by atoms with Gasteiger partial charge in [-0.05, 0) is 58.4 Å². The summed E-state index contributed by atoms with van der Waals surface area (Å²) in [7, 11) is 1.61. The zero-order chi connectivity index (χ0) is 24.0. The second-order valence-electron chi connectivity index (χ2n) is 8.36. The van der Waals surface area contributed by atoms with Crippen LogP contribution < -0.4 is 14.8 Å². The van der Waals surface area contributed by atoms with Crippen LogP contribution in [-0.4, -0.2) is 39.9 Å². The number of nitrogens with one attached hydrogen (secondary N) is 1. The summed E-state index contributed by atoms with van der Waals surface area (Å²) in [6.07, 6.45) is 0.833. The molecule has 2 amide bonds. The SMILES string of the molecule is CC[C@@H](C)N(Cc1c(C)nn(-c2ccccc2)c1Oc1ccccc1OC)C(=O)NC(C)C. The van der Waals surface area contributed by atoms with E-state index in [1.807, 2.05) is 80.3 Å². The molecular weight excluding hydrogens is 416 g/mol. The van der Waals surface area contributed by atoms with Crippen molar-refractivity contribution in [3.63, 3.8) is 0 Å². The van der Waals surface area contributed by atoms with Gasteiger partial charge in [0.1, 0.15) is 0 Å². The molecule has 0 radical (unpaired) electrons. The lowest BCUT2D eigenvalue weighted by molar-refractivity contribution is 0.170. The summed E-state index contributed by atoms with van der Waals surface area (Å²) in [5.74, 6) is 1.77. The molecule has 3 rings (SSSR count). The van der Waals surface area contributed by atoms with Crippen LogP contribution in [0.5, 0.6) is 17.4 Å². The Morgan fingerprint density at radius 2 is 1.70 bits per heavy atom. The Kier molecular flexibility index (Phi) is 7.98. The molecule has 1 aromatic heterocycles. The van der Waals surface area contributed by atoms with E-state index in [0.717, 1.165) is 23.4 Å². The number of hydrogen-bond donors (Lipinski definition) is 1. The fourth-order valence-electron chi connectivity index (χ4n) is 3.53. The van der Waals surface area contributed by atoms with Crippen molar-refractivity contribution >= 4 is 6.03 Å². The number of amides is 2. The summed E-state index contributed by atoms with van der Waals surface area (Å²) < 4.78 is 13.7. The van der Waals surface area contributed by atoms with Gasteiger partial charge in [0.2, 0.25) is 5.88 Å². The fraction of sp³-hybridized carbons (Fsp3) is 0.385. The first kappa shape index (κ1) is 24.2. The maximum atomic E-state index is 13.0. The van der Waals surface area contributed by atoms with Crippen LogP contribution in [0.4, 0.5) is 4.79 Å². The van der Waals surface area contributed by atoms with Crippen LogP contribution in [0, 0.1) is 6.92 Å². The van der Waals surface area contributed by atoms with Crippen LogP contribution in [0.2, 0.25) is 0 Å². The van der Waals surface area contributed by atoms with Crippen molar-refractivity contribution in [1.82, 2.24) is 20.0 Å². The molecule has 0 spiro atoms. The van der Waals surface area contributed by atoms with E-state index in [1.165, 1.54) is 0 Å². The highest BCUT2D eigenvalue weighted by Gasteiger charge is 2.26. The molecule has 1 N–H and O–H groups in total. The standard InChI is InChI=1S/C26H34N4O3/c1-7-19(4)29(26(31)27-18(2)3)17-22-20(5)28-30(21-13-9-8-10-14-21)25(22)33-24-16-12-11-15-23(24)32-6/h8-16,18-19H,7,17H2,1-6H3,(H,27,31)/t19-/m1/s1. The molecule has 0 unspecified atom stereocenters. The average molecular weight is 451 g/mol. The molecule has 1 heterocycles. The van der Waals surface area contributed by atoms with Crippen LogP contribution in [0.3, 0.4) is 0 Å². The zero-order valence-corrected chi connectivity index (χ0v) is 20.3. The molecule has 0 aliphatic rings. The molecule has 7 heteroatoms. The predicted molar refractivity (Wildman–Crippen MR) is 130 cm³/mol. The number of methoxy groups -OCH3 is 1. The molecule has 0 aliphatic heterocycles. The van der Waals surface area contributed by atoms with Crippen LogP contribution in [0.15, 0.2) is 54.6 Å². The van der Waals surface area contributed by atoms with Crippen molar-refractivity contribution in [2.45, 2.75) is 59.7 Å². The van der Waals surface area contributed by atoms with E-state index < -0.39 is 0 Å². The molecule has 176 valence electrons. The molecule has 0 saturated carbocycles. The summed E-state index contributed by atoms with van der Waals surface area (Å²) >= 11 is 0. The normalized spacial score (nSPS) is 11.8. The first-order valence-electron chi connectivity index (χ1n) is 11.4. The van der Waals surface area contributed by atoms with Crippen LogP contribution in [0.1, 0.15) is 45.4 Å². The number of aryl methyl sites for hydroxylation is 1. The number of para-hydroxylation sites is 3. The van der Waals surface area contributed by atoms with E-state index in [-0.39, 0.29) is 18.1 Å². The monoisotopic (exact) mass is 450 g/mol. The van der Waals surface area contributed by atoms with Gasteiger partial charge in [-0.25, -0.2) is 9.48 Å². The zero-order valence-electron chi connectivity index (χ0n) is 20.3. The maximum Gasteiger partial charge on any atom is 0.318 e. The van der Waals surface area contributed by atoms with E-state index in [9.17, 15) is 4.79 Å². The smallest absolute Gasteiger partial charge is 0.318 e. The molecule has 0 aliphatic carbocycles. The van der Waals surface area contributed by atoms with Gasteiger partial charge in [0.25, 0.3) is 0 Å². The minimum absolute atomic E-state index is 0.0431. The maximum absolute atomic E-state index is 13.0. The lowest BCUT2D eigenvalue weighted by Crippen LogP contribution is -2.46. The summed E-state index contributed by atoms with van der Waals surface area (Å²) in [5.41, 5.74) is 2.52. The number of carbonyl (C=O) groups excluding carboxylic acids is 1. The second-order valence-corrected chi connectivity index (χ2v) is 8.36. The number of hydrogen-bond acceptors (Lipinski definition) is 4. The third-order valence-corrected chi connectivity index (χ3v) is 5.54. The van der Waals surface area contributed by atoms with E-state index in [2.05, 4.69) is 19.2 Å². The van der Waals surface area contributed by atoms with E-state index >= 15 is 0 Å². The third kappa shape index (κ3) is 5.66. The third-order valence-electron chi connectivity index (χ3n) is 5.54. The molecule has 0 bridgehead atoms. The highest BCUT2D eigenvalue weighted by atomic mass is 16.5. The van der Waals surface area contributed by atoms with Gasteiger partial charge in [0.05, 0.1) is 30.6 Å². The number of rotatable bonds is 9. The molecule has 7 nitrogen and oxygen atoms in total. The first-order chi connectivity index (χ1) is 15.8. The highest BCUT2D eigenvalue weighted by molar-refractivity contribution is 5.75. The van der Waals surface area contributed by atoms with Gasteiger partial charge < -0.3 is 19.7 Å². The van der Waals surface area contributed by atoms with Crippen LogP contribution >= 0.6 is 0 Å². The minimum atomic E-state index is -0.102. The highest BCUT2D eigenvalue weighted by Crippen LogP contribution is 2.36. The van der Waals surface area contributed by atoms with Crippen molar-refractivity contribution in [1.29, 1.82) is 0 Å². The van der Waals surface area contributed by atoms with Gasteiger partial charge in [-0.15, -0.1) is 0 Å². The number of ether oxygens (including phenoxy) is 2. The van der Waals surface area contributed by atoms with Crippen molar-refractivity contribution in [2.75, 3.05) is 7.11 Å². The predicted octanol–water partition coefficient (Wildman–Crippen LogP) is 5.70. The van der Waals surface area contributed by atoms with E-state index in [4.69, 9.17) is 14.6 Å². The molecule has 1 atom stereocenters. The molecule has 0 fully saturated rings. The van der Waals surface area contributed by atoms with Gasteiger partial charge >= 0.3 is 6.03 Å². The lowest BCUT2D eigenvalue weighted by Gasteiger charge is -2.30. The van der Waals surface area contributed by atoms with E-state index in [1.54, 1.807) is 11.8 Å². The summed E-state index contributed by atoms with van der Waals surface area (Å²) in [6.45, 7) is 10.4.